The Balaban J connectivity index is 1.92. The van der Waals surface area contributed by atoms with Gasteiger partial charge in [0.05, 0.1) is 11.9 Å². The molecule has 0 amide bonds. The normalized spacial score (nSPS) is 15.8. The lowest BCUT2D eigenvalue weighted by atomic mass is 10.1. The maximum absolute atomic E-state index is 5.28. The Morgan fingerprint density at radius 3 is 2.45 bits per heavy atom. The van der Waals surface area contributed by atoms with Crippen molar-refractivity contribution in [3.63, 3.8) is 0 Å². The maximum atomic E-state index is 5.28. The first kappa shape index (κ1) is 15.0. The third-order valence-electron chi connectivity index (χ3n) is 3.17. The molecule has 0 atom stereocenters. The summed E-state index contributed by atoms with van der Waals surface area (Å²) in [4.78, 5) is 6.87. The smallest absolute Gasteiger partial charge is 0.171 e. The van der Waals surface area contributed by atoms with Crippen molar-refractivity contribution < 1.29 is 0 Å². The summed E-state index contributed by atoms with van der Waals surface area (Å²) < 4.78 is 0. The Kier molecular flexibility index (Phi) is 4.81. The SMILES string of the molecule is CC(C)(C)NC(=S)Nc1ccc(N2CCCCC2)nc1. The van der Waals surface area contributed by atoms with Crippen LogP contribution in [-0.4, -0.2) is 28.7 Å². The van der Waals surface area contributed by atoms with Gasteiger partial charge in [0.2, 0.25) is 0 Å². The van der Waals surface area contributed by atoms with Crippen LogP contribution in [0.4, 0.5) is 11.5 Å². The highest BCUT2D eigenvalue weighted by molar-refractivity contribution is 7.80. The van der Waals surface area contributed by atoms with E-state index in [0.717, 1.165) is 24.6 Å². The summed E-state index contributed by atoms with van der Waals surface area (Å²) in [5, 5.41) is 7.03. The van der Waals surface area contributed by atoms with Crippen molar-refractivity contribution in [3.8, 4) is 0 Å². The average molecular weight is 292 g/mol. The predicted octanol–water partition coefficient (Wildman–Crippen LogP) is 3.16. The molecule has 0 unspecified atom stereocenters. The van der Waals surface area contributed by atoms with Crippen LogP contribution in [0, 0.1) is 0 Å². The number of piperidine rings is 1. The van der Waals surface area contributed by atoms with E-state index in [1.807, 2.05) is 12.3 Å². The monoisotopic (exact) mass is 292 g/mol. The van der Waals surface area contributed by atoms with Crippen LogP contribution >= 0.6 is 12.2 Å². The Labute approximate surface area is 127 Å². The first-order valence-electron chi connectivity index (χ1n) is 7.24. The molecule has 4 nitrogen and oxygen atoms in total. The summed E-state index contributed by atoms with van der Waals surface area (Å²) in [6.07, 6.45) is 5.71. The molecule has 0 spiro atoms. The number of thiocarbonyl (C=S) groups is 1. The van der Waals surface area contributed by atoms with Gasteiger partial charge in [-0.2, -0.15) is 0 Å². The van der Waals surface area contributed by atoms with E-state index in [2.05, 4.69) is 47.4 Å². The molecule has 5 heteroatoms. The highest BCUT2D eigenvalue weighted by atomic mass is 32.1. The zero-order valence-corrected chi connectivity index (χ0v) is 13.4. The van der Waals surface area contributed by atoms with E-state index in [1.54, 1.807) is 0 Å². The van der Waals surface area contributed by atoms with Crippen molar-refractivity contribution in [1.82, 2.24) is 10.3 Å². The Morgan fingerprint density at radius 2 is 1.90 bits per heavy atom. The standard InChI is InChI=1S/C15H24N4S/c1-15(2,3)18-14(20)17-12-7-8-13(16-11-12)19-9-5-4-6-10-19/h7-8,11H,4-6,9-10H2,1-3H3,(H2,17,18,20). The van der Waals surface area contributed by atoms with Gasteiger partial charge in [-0.25, -0.2) is 4.98 Å². The zero-order valence-electron chi connectivity index (χ0n) is 12.6. The van der Waals surface area contributed by atoms with E-state index in [1.165, 1.54) is 19.3 Å². The number of rotatable bonds is 2. The number of hydrogen-bond donors (Lipinski definition) is 2. The molecular weight excluding hydrogens is 268 g/mol. The van der Waals surface area contributed by atoms with Gasteiger partial charge in [0.25, 0.3) is 0 Å². The van der Waals surface area contributed by atoms with Crippen molar-refractivity contribution in [2.24, 2.45) is 0 Å². The molecule has 110 valence electrons. The molecule has 2 rings (SSSR count). The highest BCUT2D eigenvalue weighted by Gasteiger charge is 2.13. The van der Waals surface area contributed by atoms with Gasteiger partial charge in [-0.3, -0.25) is 0 Å². The van der Waals surface area contributed by atoms with Crippen LogP contribution in [-0.2, 0) is 0 Å². The van der Waals surface area contributed by atoms with E-state index in [-0.39, 0.29) is 5.54 Å². The van der Waals surface area contributed by atoms with Crippen molar-refractivity contribution >= 4 is 28.8 Å². The van der Waals surface area contributed by atoms with E-state index in [4.69, 9.17) is 12.2 Å². The molecule has 0 aromatic carbocycles. The number of pyridine rings is 1. The molecule has 0 radical (unpaired) electrons. The molecule has 1 saturated heterocycles. The molecule has 20 heavy (non-hydrogen) atoms. The van der Waals surface area contributed by atoms with E-state index in [0.29, 0.717) is 5.11 Å². The van der Waals surface area contributed by atoms with Crippen molar-refractivity contribution in [2.45, 2.75) is 45.6 Å². The summed E-state index contributed by atoms with van der Waals surface area (Å²) in [5.74, 6) is 1.06. The Bertz CT molecular complexity index is 444. The number of aromatic nitrogens is 1. The van der Waals surface area contributed by atoms with Crippen LogP contribution in [0.5, 0.6) is 0 Å². The Hall–Kier alpha value is -1.36. The van der Waals surface area contributed by atoms with Crippen molar-refractivity contribution in [2.75, 3.05) is 23.3 Å². The lowest BCUT2D eigenvalue weighted by Crippen LogP contribution is -2.42. The predicted molar refractivity (Wildman–Crippen MR) is 89.4 cm³/mol. The molecule has 1 aliphatic heterocycles. The van der Waals surface area contributed by atoms with Crippen LogP contribution in [0.3, 0.4) is 0 Å². The molecule has 1 aromatic rings. The second kappa shape index (κ2) is 6.39. The van der Waals surface area contributed by atoms with Crippen LogP contribution in [0.25, 0.3) is 0 Å². The maximum Gasteiger partial charge on any atom is 0.171 e. The van der Waals surface area contributed by atoms with Gasteiger partial charge >= 0.3 is 0 Å². The molecule has 0 saturated carbocycles. The van der Waals surface area contributed by atoms with Crippen LogP contribution < -0.4 is 15.5 Å². The van der Waals surface area contributed by atoms with E-state index < -0.39 is 0 Å². The van der Waals surface area contributed by atoms with E-state index >= 15 is 0 Å². The topological polar surface area (TPSA) is 40.2 Å². The first-order chi connectivity index (χ1) is 9.44. The summed E-state index contributed by atoms with van der Waals surface area (Å²) in [7, 11) is 0. The van der Waals surface area contributed by atoms with Crippen LogP contribution in [0.1, 0.15) is 40.0 Å². The minimum Gasteiger partial charge on any atom is -0.358 e. The van der Waals surface area contributed by atoms with Gasteiger partial charge in [-0.05, 0) is 64.4 Å². The zero-order chi connectivity index (χ0) is 14.6. The molecule has 0 aliphatic carbocycles. The highest BCUT2D eigenvalue weighted by Crippen LogP contribution is 2.18. The third-order valence-corrected chi connectivity index (χ3v) is 3.38. The quantitative estimate of drug-likeness (QED) is 0.819. The van der Waals surface area contributed by atoms with Crippen molar-refractivity contribution in [3.05, 3.63) is 18.3 Å². The summed E-state index contributed by atoms with van der Waals surface area (Å²) >= 11 is 5.28. The summed E-state index contributed by atoms with van der Waals surface area (Å²) in [5.41, 5.74) is 0.887. The fourth-order valence-corrected chi connectivity index (χ4v) is 2.70. The molecule has 0 bridgehead atoms. The largest absolute Gasteiger partial charge is 0.358 e. The summed E-state index contributed by atoms with van der Waals surface area (Å²) in [6.45, 7) is 8.48. The van der Waals surface area contributed by atoms with Gasteiger partial charge in [-0.15, -0.1) is 0 Å². The lowest BCUT2D eigenvalue weighted by Gasteiger charge is -2.27. The fraction of sp³-hybridized carbons (Fsp3) is 0.600. The second-order valence-electron chi connectivity index (χ2n) is 6.28. The minimum absolute atomic E-state index is 0.0365. The first-order valence-corrected chi connectivity index (χ1v) is 7.65. The molecule has 2 N–H and O–H groups in total. The van der Waals surface area contributed by atoms with Gasteiger partial charge in [-0.1, -0.05) is 0 Å². The molecule has 1 aliphatic rings. The Morgan fingerprint density at radius 1 is 1.20 bits per heavy atom. The van der Waals surface area contributed by atoms with Gasteiger partial charge < -0.3 is 15.5 Å². The molecule has 1 aromatic heterocycles. The van der Waals surface area contributed by atoms with Gasteiger partial charge in [0, 0.05) is 18.6 Å². The van der Waals surface area contributed by atoms with E-state index in [9.17, 15) is 0 Å². The number of nitrogens with zero attached hydrogens (tertiary/aromatic N) is 2. The molecular formula is C15H24N4S. The van der Waals surface area contributed by atoms with Gasteiger partial charge in [0.15, 0.2) is 5.11 Å². The van der Waals surface area contributed by atoms with Gasteiger partial charge in [0.1, 0.15) is 5.82 Å². The van der Waals surface area contributed by atoms with Crippen molar-refractivity contribution in [1.29, 1.82) is 0 Å². The fourth-order valence-electron chi connectivity index (χ4n) is 2.27. The molecule has 1 fully saturated rings. The number of hydrogen-bond acceptors (Lipinski definition) is 3. The average Bonchev–Trinajstić information content (AvgIpc) is 2.38. The lowest BCUT2D eigenvalue weighted by molar-refractivity contribution is 0.515. The third kappa shape index (κ3) is 4.63. The van der Waals surface area contributed by atoms with Crippen LogP contribution in [0.2, 0.25) is 0 Å². The summed E-state index contributed by atoms with van der Waals surface area (Å²) in [6, 6.07) is 4.10. The minimum atomic E-state index is -0.0365. The van der Waals surface area contributed by atoms with Crippen LogP contribution in [0.15, 0.2) is 18.3 Å². The second-order valence-corrected chi connectivity index (χ2v) is 6.69. The number of anilines is 2. The number of nitrogens with one attached hydrogen (secondary N) is 2. The molecule has 2 heterocycles.